The quantitative estimate of drug-likeness (QED) is 0.875. The fourth-order valence-corrected chi connectivity index (χ4v) is 2.27. The lowest BCUT2D eigenvalue weighted by atomic mass is 10.1. The van der Waals surface area contributed by atoms with E-state index in [4.69, 9.17) is 4.74 Å². The van der Waals surface area contributed by atoms with Gasteiger partial charge in [0.05, 0.1) is 5.69 Å². The third kappa shape index (κ3) is 4.10. The number of benzene rings is 2. The van der Waals surface area contributed by atoms with Gasteiger partial charge in [-0.05, 0) is 45.6 Å². The van der Waals surface area contributed by atoms with E-state index in [0.29, 0.717) is 5.69 Å². The first-order valence-electron chi connectivity index (χ1n) is 6.45. The average Bonchev–Trinajstić information content (AvgIpc) is 2.48. The number of hydrogen-bond donors (Lipinski definition) is 1. The smallest absolute Gasteiger partial charge is 0.411 e. The van der Waals surface area contributed by atoms with Gasteiger partial charge in [0.15, 0.2) is 0 Å². The molecule has 0 heterocycles. The Bertz CT molecular complexity index is 584. The van der Waals surface area contributed by atoms with Crippen molar-refractivity contribution in [2.75, 3.05) is 5.32 Å². The van der Waals surface area contributed by atoms with Crippen LogP contribution in [-0.4, -0.2) is 6.09 Å². The molecule has 1 amide bonds. The van der Waals surface area contributed by atoms with Crippen LogP contribution in [0.1, 0.15) is 18.1 Å². The average molecular weight is 334 g/mol. The first-order valence-corrected chi connectivity index (χ1v) is 7.24. The molecule has 0 aromatic heterocycles. The van der Waals surface area contributed by atoms with Crippen molar-refractivity contribution in [2.45, 2.75) is 20.0 Å². The molecule has 0 aliphatic heterocycles. The third-order valence-electron chi connectivity index (χ3n) is 2.89. The van der Waals surface area contributed by atoms with Crippen molar-refractivity contribution in [1.82, 2.24) is 0 Å². The number of ether oxygens (including phenoxy) is 1. The predicted octanol–water partition coefficient (Wildman–Crippen LogP) is 4.76. The Morgan fingerprint density at radius 3 is 2.55 bits per heavy atom. The number of anilines is 1. The Morgan fingerprint density at radius 2 is 1.90 bits per heavy atom. The van der Waals surface area contributed by atoms with Crippen molar-refractivity contribution in [3.63, 3.8) is 0 Å². The van der Waals surface area contributed by atoms with Gasteiger partial charge >= 0.3 is 6.09 Å². The van der Waals surface area contributed by atoms with Crippen LogP contribution in [-0.2, 0) is 17.8 Å². The zero-order valence-electron chi connectivity index (χ0n) is 11.2. The summed E-state index contributed by atoms with van der Waals surface area (Å²) in [6.07, 6.45) is 0.496. The van der Waals surface area contributed by atoms with Crippen LogP contribution in [0.15, 0.2) is 53.0 Å². The van der Waals surface area contributed by atoms with Crippen LogP contribution in [0.2, 0.25) is 0 Å². The van der Waals surface area contributed by atoms with Crippen LogP contribution in [0.5, 0.6) is 0 Å². The fraction of sp³-hybridized carbons (Fsp3) is 0.188. The molecule has 0 aliphatic rings. The summed E-state index contributed by atoms with van der Waals surface area (Å²) in [7, 11) is 0. The van der Waals surface area contributed by atoms with Crippen molar-refractivity contribution in [1.29, 1.82) is 0 Å². The molecule has 0 fully saturated rings. The number of carbonyl (C=O) groups is 1. The lowest BCUT2D eigenvalue weighted by Gasteiger charge is -2.09. The lowest BCUT2D eigenvalue weighted by molar-refractivity contribution is 0.155. The number of nitrogens with one attached hydrogen (secondary N) is 1. The molecule has 104 valence electrons. The predicted molar refractivity (Wildman–Crippen MR) is 83.8 cm³/mol. The van der Waals surface area contributed by atoms with Crippen LogP contribution in [0.4, 0.5) is 10.5 Å². The number of aryl methyl sites for hydroxylation is 1. The summed E-state index contributed by atoms with van der Waals surface area (Å²) >= 11 is 3.44. The van der Waals surface area contributed by atoms with Gasteiger partial charge < -0.3 is 4.74 Å². The summed E-state index contributed by atoms with van der Waals surface area (Å²) in [5.41, 5.74) is 2.88. The highest BCUT2D eigenvalue weighted by Crippen LogP contribution is 2.24. The molecule has 0 radical (unpaired) electrons. The normalized spacial score (nSPS) is 10.1. The molecule has 2 aromatic rings. The maximum atomic E-state index is 11.7. The van der Waals surface area contributed by atoms with Crippen LogP contribution in [0, 0.1) is 0 Å². The van der Waals surface area contributed by atoms with Crippen molar-refractivity contribution in [3.8, 4) is 0 Å². The van der Waals surface area contributed by atoms with E-state index in [1.807, 2.05) is 48.5 Å². The number of rotatable bonds is 4. The Balaban J connectivity index is 1.91. The zero-order chi connectivity index (χ0) is 14.4. The zero-order valence-corrected chi connectivity index (χ0v) is 12.8. The standard InChI is InChI=1S/C16H16BrNO2/c1-2-12-8-9-15(14(17)10-12)18-16(19)20-11-13-6-4-3-5-7-13/h3-10H,2,11H2,1H3,(H,18,19). The first-order chi connectivity index (χ1) is 9.69. The number of carbonyl (C=O) groups excluding carboxylic acids is 1. The third-order valence-corrected chi connectivity index (χ3v) is 3.55. The second kappa shape index (κ2) is 7.10. The van der Waals surface area contributed by atoms with E-state index in [2.05, 4.69) is 28.2 Å². The van der Waals surface area contributed by atoms with E-state index in [9.17, 15) is 4.79 Å². The molecule has 0 spiro atoms. The molecule has 0 unspecified atom stereocenters. The van der Waals surface area contributed by atoms with Gasteiger partial charge in [0.2, 0.25) is 0 Å². The second-order valence-electron chi connectivity index (χ2n) is 4.35. The van der Waals surface area contributed by atoms with Crippen LogP contribution in [0.3, 0.4) is 0 Å². The molecule has 1 N–H and O–H groups in total. The Labute approximate surface area is 127 Å². The summed E-state index contributed by atoms with van der Waals surface area (Å²) in [5.74, 6) is 0. The largest absolute Gasteiger partial charge is 0.444 e. The van der Waals surface area contributed by atoms with Gasteiger partial charge in [0, 0.05) is 4.47 Å². The molecule has 0 bridgehead atoms. The van der Waals surface area contributed by atoms with Gasteiger partial charge in [-0.25, -0.2) is 4.79 Å². The number of hydrogen-bond acceptors (Lipinski definition) is 2. The molecule has 0 atom stereocenters. The minimum Gasteiger partial charge on any atom is -0.444 e. The SMILES string of the molecule is CCc1ccc(NC(=O)OCc2ccccc2)c(Br)c1. The minimum absolute atomic E-state index is 0.261. The molecule has 0 saturated carbocycles. The topological polar surface area (TPSA) is 38.3 Å². The molecule has 20 heavy (non-hydrogen) atoms. The number of amides is 1. The Hall–Kier alpha value is -1.81. The first kappa shape index (κ1) is 14.6. The van der Waals surface area contributed by atoms with E-state index in [1.165, 1.54) is 5.56 Å². The van der Waals surface area contributed by atoms with Crippen LogP contribution >= 0.6 is 15.9 Å². The van der Waals surface area contributed by atoms with Crippen molar-refractivity contribution >= 4 is 27.7 Å². The van der Waals surface area contributed by atoms with Gasteiger partial charge in [0.25, 0.3) is 0 Å². The van der Waals surface area contributed by atoms with Crippen molar-refractivity contribution in [3.05, 3.63) is 64.1 Å². The van der Waals surface area contributed by atoms with E-state index in [-0.39, 0.29) is 6.61 Å². The summed E-state index contributed by atoms with van der Waals surface area (Å²) < 4.78 is 6.03. The lowest BCUT2D eigenvalue weighted by Crippen LogP contribution is -2.13. The molecular formula is C16H16BrNO2. The van der Waals surface area contributed by atoms with Crippen molar-refractivity contribution < 1.29 is 9.53 Å². The van der Waals surface area contributed by atoms with Gasteiger partial charge in [-0.1, -0.05) is 43.3 Å². The molecule has 0 aliphatic carbocycles. The van der Waals surface area contributed by atoms with Crippen LogP contribution < -0.4 is 5.32 Å². The van der Waals surface area contributed by atoms with Gasteiger partial charge in [0.1, 0.15) is 6.61 Å². The second-order valence-corrected chi connectivity index (χ2v) is 5.21. The van der Waals surface area contributed by atoms with Crippen molar-refractivity contribution in [2.24, 2.45) is 0 Å². The summed E-state index contributed by atoms with van der Waals surface area (Å²) in [6, 6.07) is 15.4. The molecule has 2 aromatic carbocycles. The summed E-state index contributed by atoms with van der Waals surface area (Å²) in [6.45, 7) is 2.35. The van der Waals surface area contributed by atoms with E-state index in [1.54, 1.807) is 0 Å². The highest BCUT2D eigenvalue weighted by molar-refractivity contribution is 9.10. The van der Waals surface area contributed by atoms with E-state index < -0.39 is 6.09 Å². The molecule has 0 saturated heterocycles. The maximum absolute atomic E-state index is 11.7. The molecule has 2 rings (SSSR count). The van der Waals surface area contributed by atoms with E-state index >= 15 is 0 Å². The Morgan fingerprint density at radius 1 is 1.15 bits per heavy atom. The maximum Gasteiger partial charge on any atom is 0.411 e. The Kier molecular flexibility index (Phi) is 5.18. The monoisotopic (exact) mass is 333 g/mol. The molecule has 3 nitrogen and oxygen atoms in total. The summed E-state index contributed by atoms with van der Waals surface area (Å²) in [4.78, 5) is 11.7. The van der Waals surface area contributed by atoms with E-state index in [0.717, 1.165) is 16.5 Å². The van der Waals surface area contributed by atoms with Gasteiger partial charge in [-0.3, -0.25) is 5.32 Å². The number of halogens is 1. The highest BCUT2D eigenvalue weighted by atomic mass is 79.9. The van der Waals surface area contributed by atoms with Gasteiger partial charge in [-0.15, -0.1) is 0 Å². The molecule has 4 heteroatoms. The van der Waals surface area contributed by atoms with Crippen LogP contribution in [0.25, 0.3) is 0 Å². The highest BCUT2D eigenvalue weighted by Gasteiger charge is 2.07. The summed E-state index contributed by atoms with van der Waals surface area (Å²) in [5, 5.41) is 2.72. The fourth-order valence-electron chi connectivity index (χ4n) is 1.75. The van der Waals surface area contributed by atoms with Gasteiger partial charge in [-0.2, -0.15) is 0 Å². The molecular weight excluding hydrogens is 318 g/mol. The minimum atomic E-state index is -0.459.